The highest BCUT2D eigenvalue weighted by Gasteiger charge is 2.18. The van der Waals surface area contributed by atoms with E-state index < -0.39 is 5.97 Å². The van der Waals surface area contributed by atoms with Crippen LogP contribution < -0.4 is 5.32 Å². The molecule has 0 unspecified atom stereocenters. The number of rotatable bonds is 6. The van der Waals surface area contributed by atoms with Gasteiger partial charge in [0, 0.05) is 6.54 Å². The van der Waals surface area contributed by atoms with Crippen LogP contribution in [-0.2, 0) is 11.3 Å². The molecule has 0 aliphatic carbocycles. The van der Waals surface area contributed by atoms with Crippen LogP contribution in [-0.4, -0.2) is 22.5 Å². The summed E-state index contributed by atoms with van der Waals surface area (Å²) in [5.41, 5.74) is 3.94. The van der Waals surface area contributed by atoms with Crippen LogP contribution in [0.1, 0.15) is 35.5 Å². The SMILES string of the molecule is Cc1ccc(CNc2nc3ccccc3nc2C(=O)OCC(C)C)cc1. The molecule has 0 aliphatic heterocycles. The van der Waals surface area contributed by atoms with E-state index in [1.54, 1.807) is 0 Å². The van der Waals surface area contributed by atoms with E-state index in [1.807, 2.05) is 50.2 Å². The number of anilines is 1. The third-order valence-corrected chi connectivity index (χ3v) is 3.89. The van der Waals surface area contributed by atoms with Gasteiger partial charge in [0.15, 0.2) is 11.5 Å². The van der Waals surface area contributed by atoms with E-state index in [4.69, 9.17) is 4.74 Å². The number of para-hydroxylation sites is 2. The van der Waals surface area contributed by atoms with Crippen molar-refractivity contribution in [3.8, 4) is 0 Å². The Kier molecular flexibility index (Phi) is 5.46. The van der Waals surface area contributed by atoms with Crippen LogP contribution >= 0.6 is 0 Å². The molecule has 0 radical (unpaired) electrons. The van der Waals surface area contributed by atoms with Crippen LogP contribution in [0.25, 0.3) is 11.0 Å². The average molecular weight is 349 g/mol. The molecular weight excluding hydrogens is 326 g/mol. The van der Waals surface area contributed by atoms with Gasteiger partial charge in [0.05, 0.1) is 17.6 Å². The van der Waals surface area contributed by atoms with Crippen molar-refractivity contribution in [1.82, 2.24) is 9.97 Å². The molecule has 0 atom stereocenters. The number of nitrogens with one attached hydrogen (secondary N) is 1. The number of aromatic nitrogens is 2. The standard InChI is InChI=1S/C21H23N3O2/c1-14(2)13-26-21(25)19-20(22-12-16-10-8-15(3)9-11-16)24-18-7-5-4-6-17(18)23-19/h4-11,14H,12-13H2,1-3H3,(H,22,24). The summed E-state index contributed by atoms with van der Waals surface area (Å²) >= 11 is 0. The van der Waals surface area contributed by atoms with Crippen molar-refractivity contribution in [3.63, 3.8) is 0 Å². The number of nitrogens with zero attached hydrogens (tertiary/aromatic N) is 2. The van der Waals surface area contributed by atoms with Gasteiger partial charge < -0.3 is 10.1 Å². The Hall–Kier alpha value is -2.95. The van der Waals surface area contributed by atoms with Crippen molar-refractivity contribution in [2.45, 2.75) is 27.3 Å². The number of fused-ring (bicyclic) bond motifs is 1. The third-order valence-electron chi connectivity index (χ3n) is 3.89. The Morgan fingerprint density at radius 2 is 1.69 bits per heavy atom. The Labute approximate surface area is 153 Å². The smallest absolute Gasteiger partial charge is 0.360 e. The second-order valence-corrected chi connectivity index (χ2v) is 6.74. The molecule has 5 heteroatoms. The lowest BCUT2D eigenvalue weighted by atomic mass is 10.1. The minimum Gasteiger partial charge on any atom is -0.461 e. The molecule has 0 saturated carbocycles. The van der Waals surface area contributed by atoms with Gasteiger partial charge in [0.1, 0.15) is 0 Å². The molecule has 1 aromatic heterocycles. The molecule has 1 heterocycles. The summed E-state index contributed by atoms with van der Waals surface area (Å²) in [5, 5.41) is 3.24. The molecule has 2 aromatic carbocycles. The monoisotopic (exact) mass is 349 g/mol. The van der Waals surface area contributed by atoms with Gasteiger partial charge in [-0.25, -0.2) is 14.8 Å². The number of aryl methyl sites for hydroxylation is 1. The highest BCUT2D eigenvalue weighted by Crippen LogP contribution is 2.19. The van der Waals surface area contributed by atoms with E-state index in [0.29, 0.717) is 24.5 Å². The van der Waals surface area contributed by atoms with E-state index in [0.717, 1.165) is 11.1 Å². The molecule has 0 bridgehead atoms. The number of hydrogen-bond acceptors (Lipinski definition) is 5. The molecule has 0 aliphatic rings. The number of carbonyl (C=O) groups excluding carboxylic acids is 1. The van der Waals surface area contributed by atoms with Crippen LogP contribution in [0.15, 0.2) is 48.5 Å². The van der Waals surface area contributed by atoms with Crippen molar-refractivity contribution in [3.05, 3.63) is 65.4 Å². The number of esters is 1. The molecule has 3 aromatic rings. The topological polar surface area (TPSA) is 64.1 Å². The lowest BCUT2D eigenvalue weighted by Crippen LogP contribution is -2.16. The normalized spacial score (nSPS) is 10.9. The molecule has 1 N–H and O–H groups in total. The van der Waals surface area contributed by atoms with Crippen molar-refractivity contribution in [2.24, 2.45) is 5.92 Å². The maximum absolute atomic E-state index is 12.5. The van der Waals surface area contributed by atoms with Gasteiger partial charge in [-0.15, -0.1) is 0 Å². The molecule has 0 fully saturated rings. The van der Waals surface area contributed by atoms with Gasteiger partial charge >= 0.3 is 5.97 Å². The van der Waals surface area contributed by atoms with Gasteiger partial charge in [-0.1, -0.05) is 55.8 Å². The van der Waals surface area contributed by atoms with Gasteiger partial charge in [-0.05, 0) is 30.5 Å². The largest absolute Gasteiger partial charge is 0.461 e. The highest BCUT2D eigenvalue weighted by atomic mass is 16.5. The summed E-state index contributed by atoms with van der Waals surface area (Å²) in [5.74, 6) is 0.248. The van der Waals surface area contributed by atoms with Crippen LogP contribution in [0, 0.1) is 12.8 Å². The highest BCUT2D eigenvalue weighted by molar-refractivity contribution is 5.95. The maximum Gasteiger partial charge on any atom is 0.360 e. The average Bonchev–Trinajstić information content (AvgIpc) is 2.65. The van der Waals surface area contributed by atoms with E-state index in [-0.39, 0.29) is 11.6 Å². The molecule has 26 heavy (non-hydrogen) atoms. The van der Waals surface area contributed by atoms with E-state index >= 15 is 0 Å². The fraction of sp³-hybridized carbons (Fsp3) is 0.286. The number of hydrogen-bond donors (Lipinski definition) is 1. The zero-order valence-electron chi connectivity index (χ0n) is 15.3. The number of ether oxygens (including phenoxy) is 1. The maximum atomic E-state index is 12.5. The molecule has 3 rings (SSSR count). The van der Waals surface area contributed by atoms with E-state index in [2.05, 4.69) is 34.3 Å². The second-order valence-electron chi connectivity index (χ2n) is 6.74. The van der Waals surface area contributed by atoms with Crippen molar-refractivity contribution < 1.29 is 9.53 Å². The fourth-order valence-electron chi connectivity index (χ4n) is 2.47. The Morgan fingerprint density at radius 1 is 1.04 bits per heavy atom. The Balaban J connectivity index is 1.88. The number of benzene rings is 2. The summed E-state index contributed by atoms with van der Waals surface area (Å²) in [6.45, 7) is 6.95. The summed E-state index contributed by atoms with van der Waals surface area (Å²) < 4.78 is 5.37. The van der Waals surface area contributed by atoms with Gasteiger partial charge in [0.2, 0.25) is 0 Å². The van der Waals surface area contributed by atoms with E-state index in [9.17, 15) is 4.79 Å². The zero-order valence-corrected chi connectivity index (χ0v) is 15.3. The molecule has 0 saturated heterocycles. The first kappa shape index (κ1) is 17.9. The lowest BCUT2D eigenvalue weighted by molar-refractivity contribution is 0.0453. The molecule has 5 nitrogen and oxygen atoms in total. The Morgan fingerprint density at radius 3 is 2.35 bits per heavy atom. The van der Waals surface area contributed by atoms with Gasteiger partial charge in [0.25, 0.3) is 0 Å². The van der Waals surface area contributed by atoms with Crippen LogP contribution in [0.3, 0.4) is 0 Å². The van der Waals surface area contributed by atoms with Gasteiger partial charge in [-0.2, -0.15) is 0 Å². The third kappa shape index (κ3) is 4.36. The van der Waals surface area contributed by atoms with E-state index in [1.165, 1.54) is 5.56 Å². The first-order chi connectivity index (χ1) is 12.5. The summed E-state index contributed by atoms with van der Waals surface area (Å²) in [6, 6.07) is 15.7. The Bertz CT molecular complexity index is 905. The predicted octanol–water partition coefficient (Wildman–Crippen LogP) is 4.36. The minimum atomic E-state index is -0.455. The van der Waals surface area contributed by atoms with Gasteiger partial charge in [-0.3, -0.25) is 0 Å². The molecule has 134 valence electrons. The fourth-order valence-corrected chi connectivity index (χ4v) is 2.47. The van der Waals surface area contributed by atoms with Crippen LogP contribution in [0.5, 0.6) is 0 Å². The molecule has 0 amide bonds. The number of carbonyl (C=O) groups is 1. The first-order valence-electron chi connectivity index (χ1n) is 8.76. The van der Waals surface area contributed by atoms with Crippen molar-refractivity contribution in [2.75, 3.05) is 11.9 Å². The van der Waals surface area contributed by atoms with Crippen LogP contribution in [0.2, 0.25) is 0 Å². The summed E-state index contributed by atoms with van der Waals surface area (Å²) in [7, 11) is 0. The summed E-state index contributed by atoms with van der Waals surface area (Å²) in [4.78, 5) is 21.6. The lowest BCUT2D eigenvalue weighted by Gasteiger charge is -2.12. The quantitative estimate of drug-likeness (QED) is 0.670. The first-order valence-corrected chi connectivity index (χ1v) is 8.76. The zero-order chi connectivity index (χ0) is 18.5. The minimum absolute atomic E-state index is 0.219. The second kappa shape index (κ2) is 7.95. The van der Waals surface area contributed by atoms with Crippen molar-refractivity contribution in [1.29, 1.82) is 0 Å². The summed E-state index contributed by atoms with van der Waals surface area (Å²) in [6.07, 6.45) is 0. The van der Waals surface area contributed by atoms with Crippen LogP contribution in [0.4, 0.5) is 5.82 Å². The molecule has 0 spiro atoms. The molecular formula is C21H23N3O2. The predicted molar refractivity (Wildman–Crippen MR) is 103 cm³/mol. The van der Waals surface area contributed by atoms with Crippen molar-refractivity contribution >= 4 is 22.8 Å².